The third-order valence-corrected chi connectivity index (χ3v) is 5.74. The summed E-state index contributed by atoms with van der Waals surface area (Å²) >= 11 is 0. The molecule has 0 atom stereocenters. The maximum absolute atomic E-state index is 12.6. The molecule has 2 aromatic rings. The molecule has 1 aliphatic rings. The Morgan fingerprint density at radius 3 is 2.44 bits per heavy atom. The molecule has 0 unspecified atom stereocenters. The molecule has 0 spiro atoms. The number of primary amides is 1. The highest BCUT2D eigenvalue weighted by molar-refractivity contribution is 6.07. The quantitative estimate of drug-likeness (QED) is 0.741. The highest BCUT2D eigenvalue weighted by Crippen LogP contribution is 2.33. The maximum atomic E-state index is 12.6. The molecule has 5 heteroatoms. The van der Waals surface area contributed by atoms with Crippen molar-refractivity contribution in [1.29, 1.82) is 0 Å². The molecule has 1 aliphatic carbocycles. The predicted molar refractivity (Wildman–Crippen MR) is 106 cm³/mol. The molecule has 5 nitrogen and oxygen atoms in total. The van der Waals surface area contributed by atoms with Gasteiger partial charge < -0.3 is 10.3 Å². The second-order valence-electron chi connectivity index (χ2n) is 7.56. The van der Waals surface area contributed by atoms with Crippen molar-refractivity contribution in [3.05, 3.63) is 52.6 Å². The lowest BCUT2D eigenvalue weighted by Crippen LogP contribution is -2.17. The van der Waals surface area contributed by atoms with Crippen LogP contribution in [-0.2, 0) is 6.54 Å². The number of rotatable bonds is 7. The predicted octanol–water partition coefficient (Wildman–Crippen LogP) is 4.31. The number of nitrogens with two attached hydrogens (primary N) is 1. The van der Waals surface area contributed by atoms with E-state index in [0.29, 0.717) is 23.5 Å². The number of hydrogen-bond donors (Lipinski definition) is 1. The lowest BCUT2D eigenvalue weighted by atomic mass is 9.88. The van der Waals surface area contributed by atoms with Crippen molar-refractivity contribution in [3.8, 4) is 0 Å². The van der Waals surface area contributed by atoms with Gasteiger partial charge in [-0.2, -0.15) is 0 Å². The summed E-state index contributed by atoms with van der Waals surface area (Å²) in [6, 6.07) is 6.79. The number of carbonyl (C=O) groups excluding carboxylic acids is 2. The summed E-state index contributed by atoms with van der Waals surface area (Å²) in [4.78, 5) is 29.0. The molecule has 1 heterocycles. The fourth-order valence-electron chi connectivity index (χ4n) is 4.11. The van der Waals surface area contributed by atoms with Gasteiger partial charge in [-0.3, -0.25) is 9.59 Å². The van der Waals surface area contributed by atoms with Gasteiger partial charge in [-0.25, -0.2) is 4.98 Å². The number of carbonyl (C=O) groups is 2. The minimum Gasteiger partial charge on any atom is -0.366 e. The highest BCUT2D eigenvalue weighted by Gasteiger charge is 2.23. The van der Waals surface area contributed by atoms with E-state index in [1.807, 2.05) is 0 Å². The molecule has 0 saturated heterocycles. The van der Waals surface area contributed by atoms with E-state index in [2.05, 4.69) is 18.4 Å². The SMILES string of the molecule is Cc1nc(C2CCCCC2)n(CCCC(=O)c2ccccc2C(N)=O)c1C. The van der Waals surface area contributed by atoms with Crippen molar-refractivity contribution in [2.24, 2.45) is 5.73 Å². The largest absolute Gasteiger partial charge is 0.366 e. The van der Waals surface area contributed by atoms with Gasteiger partial charge in [0, 0.05) is 35.7 Å². The lowest BCUT2D eigenvalue weighted by molar-refractivity contribution is 0.0954. The van der Waals surface area contributed by atoms with Gasteiger partial charge in [-0.1, -0.05) is 37.5 Å². The zero-order valence-electron chi connectivity index (χ0n) is 16.3. The van der Waals surface area contributed by atoms with Gasteiger partial charge in [0.05, 0.1) is 5.69 Å². The van der Waals surface area contributed by atoms with Crippen LogP contribution in [0, 0.1) is 13.8 Å². The number of Topliss-reactive ketones (excluding diaryl/α,β-unsaturated/α-hetero) is 1. The molecule has 2 N–H and O–H groups in total. The van der Waals surface area contributed by atoms with Crippen LogP contribution < -0.4 is 5.73 Å². The number of hydrogen-bond acceptors (Lipinski definition) is 3. The van der Waals surface area contributed by atoms with Gasteiger partial charge in [0.25, 0.3) is 0 Å². The van der Waals surface area contributed by atoms with E-state index in [4.69, 9.17) is 10.7 Å². The Bertz CT molecular complexity index is 832. The van der Waals surface area contributed by atoms with Gasteiger partial charge >= 0.3 is 0 Å². The van der Waals surface area contributed by atoms with E-state index < -0.39 is 5.91 Å². The van der Waals surface area contributed by atoms with Gasteiger partial charge in [0.15, 0.2) is 5.78 Å². The van der Waals surface area contributed by atoms with Crippen molar-refractivity contribution in [1.82, 2.24) is 9.55 Å². The molecular formula is C22H29N3O2. The Morgan fingerprint density at radius 2 is 1.78 bits per heavy atom. The summed E-state index contributed by atoms with van der Waals surface area (Å²) in [5, 5.41) is 0. The summed E-state index contributed by atoms with van der Waals surface area (Å²) < 4.78 is 2.30. The Balaban J connectivity index is 1.69. The third kappa shape index (κ3) is 4.29. The van der Waals surface area contributed by atoms with E-state index in [1.54, 1.807) is 24.3 Å². The van der Waals surface area contributed by atoms with Crippen molar-refractivity contribution < 1.29 is 9.59 Å². The normalized spacial score (nSPS) is 15.0. The molecular weight excluding hydrogens is 338 g/mol. The Morgan fingerprint density at radius 1 is 1.11 bits per heavy atom. The van der Waals surface area contributed by atoms with E-state index in [-0.39, 0.29) is 5.78 Å². The van der Waals surface area contributed by atoms with Gasteiger partial charge in [0.2, 0.25) is 5.91 Å². The smallest absolute Gasteiger partial charge is 0.249 e. The fourth-order valence-corrected chi connectivity index (χ4v) is 4.11. The van der Waals surface area contributed by atoms with Crippen LogP contribution in [0.2, 0.25) is 0 Å². The summed E-state index contributed by atoms with van der Waals surface area (Å²) in [5.74, 6) is 1.14. The average molecular weight is 367 g/mol. The first kappa shape index (κ1) is 19.3. The molecule has 144 valence electrons. The van der Waals surface area contributed by atoms with E-state index in [1.165, 1.54) is 43.6 Å². The van der Waals surface area contributed by atoms with Gasteiger partial charge in [-0.05, 0) is 39.2 Å². The Hall–Kier alpha value is -2.43. The zero-order valence-corrected chi connectivity index (χ0v) is 16.3. The zero-order chi connectivity index (χ0) is 19.4. The number of benzene rings is 1. The van der Waals surface area contributed by atoms with E-state index >= 15 is 0 Å². The minimum atomic E-state index is -0.556. The first-order valence-corrected chi connectivity index (χ1v) is 9.94. The Kier molecular flexibility index (Phi) is 6.09. The minimum absolute atomic E-state index is 0.0295. The van der Waals surface area contributed by atoms with Crippen LogP contribution in [-0.4, -0.2) is 21.2 Å². The van der Waals surface area contributed by atoms with Crippen LogP contribution in [0.15, 0.2) is 24.3 Å². The highest BCUT2D eigenvalue weighted by atomic mass is 16.1. The molecule has 0 aliphatic heterocycles. The second kappa shape index (κ2) is 8.51. The summed E-state index contributed by atoms with van der Waals surface area (Å²) in [5.41, 5.74) is 8.41. The summed E-state index contributed by atoms with van der Waals surface area (Å²) in [6.45, 7) is 4.95. The molecule has 3 rings (SSSR count). The monoisotopic (exact) mass is 367 g/mol. The van der Waals surface area contributed by atoms with Crippen LogP contribution in [0.3, 0.4) is 0 Å². The molecule has 1 saturated carbocycles. The first-order chi connectivity index (χ1) is 13.0. The molecule has 0 radical (unpaired) electrons. The van der Waals surface area contributed by atoms with Crippen LogP contribution in [0.1, 0.15) is 88.8 Å². The molecule has 1 aromatic carbocycles. The first-order valence-electron chi connectivity index (χ1n) is 9.94. The van der Waals surface area contributed by atoms with Crippen LogP contribution in [0.4, 0.5) is 0 Å². The maximum Gasteiger partial charge on any atom is 0.249 e. The van der Waals surface area contributed by atoms with E-state index in [9.17, 15) is 9.59 Å². The summed E-state index contributed by atoms with van der Waals surface area (Å²) in [7, 11) is 0. The lowest BCUT2D eigenvalue weighted by Gasteiger charge is -2.22. The van der Waals surface area contributed by atoms with E-state index in [0.717, 1.165) is 18.7 Å². The van der Waals surface area contributed by atoms with Crippen molar-refractivity contribution >= 4 is 11.7 Å². The topological polar surface area (TPSA) is 78.0 Å². The number of nitrogens with zero attached hydrogens (tertiary/aromatic N) is 2. The Labute approximate surface area is 161 Å². The number of imidazole rings is 1. The molecule has 1 amide bonds. The van der Waals surface area contributed by atoms with Crippen molar-refractivity contribution in [2.45, 2.75) is 71.3 Å². The van der Waals surface area contributed by atoms with Crippen LogP contribution in [0.25, 0.3) is 0 Å². The number of amides is 1. The molecule has 1 fully saturated rings. The molecule has 27 heavy (non-hydrogen) atoms. The van der Waals surface area contributed by atoms with Crippen molar-refractivity contribution in [2.75, 3.05) is 0 Å². The number of aryl methyl sites for hydroxylation is 1. The van der Waals surface area contributed by atoms with Gasteiger partial charge in [0.1, 0.15) is 5.82 Å². The van der Waals surface area contributed by atoms with Crippen molar-refractivity contribution in [3.63, 3.8) is 0 Å². The number of aromatic nitrogens is 2. The van der Waals surface area contributed by atoms with Gasteiger partial charge in [-0.15, -0.1) is 0 Å². The number of ketones is 1. The third-order valence-electron chi connectivity index (χ3n) is 5.74. The molecule has 1 aromatic heterocycles. The molecule has 0 bridgehead atoms. The fraction of sp³-hybridized carbons (Fsp3) is 0.500. The second-order valence-corrected chi connectivity index (χ2v) is 7.56. The van der Waals surface area contributed by atoms with Crippen LogP contribution >= 0.6 is 0 Å². The average Bonchev–Trinajstić information content (AvgIpc) is 2.97. The van der Waals surface area contributed by atoms with Crippen LogP contribution in [0.5, 0.6) is 0 Å². The standard InChI is InChI=1S/C22H29N3O2/c1-15-16(2)25(22(24-15)17-9-4-3-5-10-17)14-8-13-20(26)18-11-6-7-12-19(18)21(23)27/h6-7,11-12,17H,3-5,8-10,13-14H2,1-2H3,(H2,23,27). The summed E-state index contributed by atoms with van der Waals surface area (Å²) in [6.07, 6.45) is 7.41.